The van der Waals surface area contributed by atoms with Gasteiger partial charge in [0.1, 0.15) is 5.82 Å². The molecule has 0 radical (unpaired) electrons. The molecule has 0 aromatic heterocycles. The maximum absolute atomic E-state index is 13.7. The van der Waals surface area contributed by atoms with Gasteiger partial charge in [0.2, 0.25) is 0 Å². The SMILES string of the molecule is C=C(C)CN(CC)C(=O)c1cc(F)cc(N)c1F. The van der Waals surface area contributed by atoms with Crippen LogP contribution in [0.3, 0.4) is 0 Å². The quantitative estimate of drug-likeness (QED) is 0.663. The Kier molecular flexibility index (Phi) is 4.42. The Hall–Kier alpha value is -1.91. The number of halogens is 2. The van der Waals surface area contributed by atoms with E-state index in [0.29, 0.717) is 13.1 Å². The highest BCUT2D eigenvalue weighted by Gasteiger charge is 2.20. The van der Waals surface area contributed by atoms with Crippen molar-refractivity contribution >= 4 is 11.6 Å². The van der Waals surface area contributed by atoms with Gasteiger partial charge in [0.25, 0.3) is 5.91 Å². The van der Waals surface area contributed by atoms with E-state index >= 15 is 0 Å². The number of nitrogen functional groups attached to an aromatic ring is 1. The lowest BCUT2D eigenvalue weighted by Gasteiger charge is -2.21. The fourth-order valence-electron chi connectivity index (χ4n) is 1.59. The van der Waals surface area contributed by atoms with Gasteiger partial charge in [-0.3, -0.25) is 4.79 Å². The third kappa shape index (κ3) is 3.06. The van der Waals surface area contributed by atoms with Gasteiger partial charge in [0.15, 0.2) is 5.82 Å². The summed E-state index contributed by atoms with van der Waals surface area (Å²) in [5, 5.41) is 0. The topological polar surface area (TPSA) is 46.3 Å². The van der Waals surface area contributed by atoms with Crippen molar-refractivity contribution < 1.29 is 13.6 Å². The molecule has 0 saturated carbocycles. The van der Waals surface area contributed by atoms with Crippen molar-refractivity contribution in [1.82, 2.24) is 4.90 Å². The predicted molar refractivity (Wildman–Crippen MR) is 67.2 cm³/mol. The highest BCUT2D eigenvalue weighted by molar-refractivity contribution is 5.95. The van der Waals surface area contributed by atoms with Crippen LogP contribution in [-0.4, -0.2) is 23.9 Å². The lowest BCUT2D eigenvalue weighted by atomic mass is 10.1. The molecule has 0 saturated heterocycles. The summed E-state index contributed by atoms with van der Waals surface area (Å²) in [5.41, 5.74) is 5.34. The van der Waals surface area contributed by atoms with E-state index in [1.54, 1.807) is 13.8 Å². The van der Waals surface area contributed by atoms with E-state index in [-0.39, 0.29) is 11.3 Å². The summed E-state index contributed by atoms with van der Waals surface area (Å²) in [5.74, 6) is -2.21. The van der Waals surface area contributed by atoms with Gasteiger partial charge in [-0.1, -0.05) is 12.2 Å². The molecule has 0 aliphatic rings. The molecule has 0 heterocycles. The van der Waals surface area contributed by atoms with E-state index in [4.69, 9.17) is 5.73 Å². The van der Waals surface area contributed by atoms with Gasteiger partial charge in [-0.05, 0) is 26.0 Å². The fourth-order valence-corrected chi connectivity index (χ4v) is 1.59. The number of nitrogens with zero attached hydrogens (tertiary/aromatic N) is 1. The second kappa shape index (κ2) is 5.62. The number of rotatable bonds is 4. The molecule has 98 valence electrons. The molecule has 1 rings (SSSR count). The van der Waals surface area contributed by atoms with Crippen LogP contribution in [0.1, 0.15) is 24.2 Å². The van der Waals surface area contributed by atoms with Crippen molar-refractivity contribution in [2.75, 3.05) is 18.8 Å². The van der Waals surface area contributed by atoms with Gasteiger partial charge < -0.3 is 10.6 Å². The molecule has 3 nitrogen and oxygen atoms in total. The van der Waals surface area contributed by atoms with Crippen LogP contribution < -0.4 is 5.73 Å². The molecule has 0 aliphatic heterocycles. The minimum absolute atomic E-state index is 0.297. The number of nitrogens with two attached hydrogens (primary N) is 1. The van der Waals surface area contributed by atoms with Crippen LogP contribution in [0.4, 0.5) is 14.5 Å². The Labute approximate surface area is 105 Å². The van der Waals surface area contributed by atoms with E-state index in [0.717, 1.165) is 17.7 Å². The lowest BCUT2D eigenvalue weighted by molar-refractivity contribution is 0.0773. The molecule has 18 heavy (non-hydrogen) atoms. The Morgan fingerprint density at radius 3 is 2.56 bits per heavy atom. The average molecular weight is 254 g/mol. The van der Waals surface area contributed by atoms with Crippen LogP contribution in [0.5, 0.6) is 0 Å². The van der Waals surface area contributed by atoms with Crippen molar-refractivity contribution in [3.05, 3.63) is 41.5 Å². The zero-order valence-electron chi connectivity index (χ0n) is 10.5. The highest BCUT2D eigenvalue weighted by Crippen LogP contribution is 2.19. The van der Waals surface area contributed by atoms with Crippen LogP contribution in [-0.2, 0) is 0 Å². The smallest absolute Gasteiger partial charge is 0.257 e. The van der Waals surface area contributed by atoms with E-state index in [9.17, 15) is 13.6 Å². The molecule has 1 amide bonds. The summed E-state index contributed by atoms with van der Waals surface area (Å²) in [7, 11) is 0. The fraction of sp³-hybridized carbons (Fsp3) is 0.308. The highest BCUT2D eigenvalue weighted by atomic mass is 19.1. The Morgan fingerprint density at radius 1 is 1.44 bits per heavy atom. The monoisotopic (exact) mass is 254 g/mol. The van der Waals surface area contributed by atoms with Crippen LogP contribution in [0.2, 0.25) is 0 Å². The zero-order valence-corrected chi connectivity index (χ0v) is 10.5. The van der Waals surface area contributed by atoms with E-state index in [1.807, 2.05) is 0 Å². The molecule has 1 aromatic rings. The predicted octanol–water partition coefficient (Wildman–Crippen LogP) is 2.59. The van der Waals surface area contributed by atoms with Crippen molar-refractivity contribution in [3.8, 4) is 0 Å². The zero-order chi connectivity index (χ0) is 13.9. The minimum atomic E-state index is -0.887. The summed E-state index contributed by atoms with van der Waals surface area (Å²) in [6, 6.07) is 1.70. The van der Waals surface area contributed by atoms with Gasteiger partial charge >= 0.3 is 0 Å². The number of carbonyl (C=O) groups excluding carboxylic acids is 1. The maximum Gasteiger partial charge on any atom is 0.257 e. The minimum Gasteiger partial charge on any atom is -0.396 e. The number of likely N-dealkylation sites (N-methyl/N-ethyl adjacent to an activating group) is 1. The van der Waals surface area contributed by atoms with Gasteiger partial charge in [-0.15, -0.1) is 0 Å². The van der Waals surface area contributed by atoms with E-state index in [1.165, 1.54) is 4.90 Å². The summed E-state index contributed by atoms with van der Waals surface area (Å²) in [6.45, 7) is 7.87. The standard InChI is InChI=1S/C13H16F2N2O/c1-4-17(7-8(2)3)13(18)10-5-9(14)6-11(16)12(10)15/h5-6H,2,4,7,16H2,1,3H3. The molecular formula is C13H16F2N2O. The van der Waals surface area contributed by atoms with Gasteiger partial charge in [-0.25, -0.2) is 8.78 Å². The second-order valence-corrected chi connectivity index (χ2v) is 4.13. The Balaban J connectivity index is 3.12. The molecule has 2 N–H and O–H groups in total. The van der Waals surface area contributed by atoms with E-state index < -0.39 is 17.5 Å². The summed E-state index contributed by atoms with van der Waals surface area (Å²) in [6.07, 6.45) is 0. The van der Waals surface area contributed by atoms with Gasteiger partial charge in [-0.2, -0.15) is 0 Å². The summed E-state index contributed by atoms with van der Waals surface area (Å²) in [4.78, 5) is 13.4. The first-order chi connectivity index (χ1) is 8.36. The van der Waals surface area contributed by atoms with Crippen molar-refractivity contribution in [1.29, 1.82) is 0 Å². The summed E-state index contributed by atoms with van der Waals surface area (Å²) < 4.78 is 26.9. The number of amides is 1. The molecular weight excluding hydrogens is 238 g/mol. The van der Waals surface area contributed by atoms with Crippen LogP contribution in [0.15, 0.2) is 24.3 Å². The maximum atomic E-state index is 13.7. The molecule has 0 unspecified atom stereocenters. The molecule has 0 aliphatic carbocycles. The summed E-state index contributed by atoms with van der Waals surface area (Å²) >= 11 is 0. The van der Waals surface area contributed by atoms with Crippen LogP contribution >= 0.6 is 0 Å². The lowest BCUT2D eigenvalue weighted by Crippen LogP contribution is -2.33. The van der Waals surface area contributed by atoms with Gasteiger partial charge in [0.05, 0.1) is 11.3 Å². The number of hydrogen-bond donors (Lipinski definition) is 1. The molecule has 0 atom stereocenters. The van der Waals surface area contributed by atoms with Crippen LogP contribution in [0.25, 0.3) is 0 Å². The first-order valence-electron chi connectivity index (χ1n) is 5.55. The Morgan fingerprint density at radius 2 is 2.06 bits per heavy atom. The van der Waals surface area contributed by atoms with Crippen molar-refractivity contribution in [3.63, 3.8) is 0 Å². The number of anilines is 1. The molecule has 0 spiro atoms. The normalized spacial score (nSPS) is 10.2. The second-order valence-electron chi connectivity index (χ2n) is 4.13. The first kappa shape index (κ1) is 14.2. The van der Waals surface area contributed by atoms with Crippen molar-refractivity contribution in [2.24, 2.45) is 0 Å². The third-order valence-corrected chi connectivity index (χ3v) is 2.43. The third-order valence-electron chi connectivity index (χ3n) is 2.43. The van der Waals surface area contributed by atoms with Crippen molar-refractivity contribution in [2.45, 2.75) is 13.8 Å². The number of carbonyl (C=O) groups is 1. The molecule has 0 fully saturated rings. The number of hydrogen-bond acceptors (Lipinski definition) is 2. The van der Waals surface area contributed by atoms with Gasteiger partial charge in [0, 0.05) is 13.1 Å². The largest absolute Gasteiger partial charge is 0.396 e. The van der Waals surface area contributed by atoms with Crippen LogP contribution in [0, 0.1) is 11.6 Å². The average Bonchev–Trinajstić information content (AvgIpc) is 2.29. The molecule has 1 aromatic carbocycles. The first-order valence-corrected chi connectivity index (χ1v) is 5.55. The van der Waals surface area contributed by atoms with E-state index in [2.05, 4.69) is 6.58 Å². The Bertz CT molecular complexity index is 486. The molecule has 5 heteroatoms. The molecule has 0 bridgehead atoms. The number of benzene rings is 1.